The lowest BCUT2D eigenvalue weighted by atomic mass is 9.99. The molecule has 5 heteroatoms. The van der Waals surface area contributed by atoms with Crippen LogP contribution in [0.4, 0.5) is 0 Å². The maximum absolute atomic E-state index is 12.8. The molecule has 1 aliphatic rings. The minimum Gasteiger partial charge on any atom is -0.332 e. The topological polar surface area (TPSA) is 44.7 Å². The fourth-order valence-corrected chi connectivity index (χ4v) is 3.06. The second-order valence-corrected chi connectivity index (χ2v) is 6.97. The molecule has 0 radical (unpaired) electrons. The summed E-state index contributed by atoms with van der Waals surface area (Å²) < 4.78 is 0. The van der Waals surface area contributed by atoms with Crippen molar-refractivity contribution in [3.63, 3.8) is 0 Å². The second kappa shape index (κ2) is 10.6. The number of nitrogens with one attached hydrogen (secondary N) is 1. The van der Waals surface area contributed by atoms with Crippen LogP contribution in [0.15, 0.2) is 88.9 Å². The summed E-state index contributed by atoms with van der Waals surface area (Å²) >= 11 is 5.79. The van der Waals surface area contributed by atoms with E-state index in [1.54, 1.807) is 6.20 Å². The van der Waals surface area contributed by atoms with Gasteiger partial charge in [0.25, 0.3) is 5.91 Å². The van der Waals surface area contributed by atoms with E-state index in [-0.39, 0.29) is 5.91 Å². The van der Waals surface area contributed by atoms with Gasteiger partial charge in [0.05, 0.1) is 0 Å². The average molecular weight is 410 g/mol. The maximum atomic E-state index is 12.8. The Morgan fingerprint density at radius 1 is 1.31 bits per heavy atom. The van der Waals surface area contributed by atoms with Gasteiger partial charge in [-0.1, -0.05) is 42.5 Å². The Balaban J connectivity index is 2.48. The molecule has 29 heavy (non-hydrogen) atoms. The number of aliphatic imine (C=N–C) groups is 1. The molecule has 1 heterocycles. The number of hydrogen-bond donors (Lipinski definition) is 1. The summed E-state index contributed by atoms with van der Waals surface area (Å²) in [5.41, 5.74) is 5.03. The van der Waals surface area contributed by atoms with Crippen molar-refractivity contribution >= 4 is 23.3 Å². The quantitative estimate of drug-likeness (QED) is 0.477. The van der Waals surface area contributed by atoms with E-state index < -0.39 is 0 Å². The number of amides is 1. The lowest BCUT2D eigenvalue weighted by Gasteiger charge is -2.17. The zero-order valence-electron chi connectivity index (χ0n) is 17.5. The molecule has 0 fully saturated rings. The summed E-state index contributed by atoms with van der Waals surface area (Å²) in [6.07, 6.45) is 9.38. The van der Waals surface area contributed by atoms with E-state index in [4.69, 9.17) is 11.6 Å². The van der Waals surface area contributed by atoms with Crippen molar-refractivity contribution in [2.24, 2.45) is 4.99 Å². The van der Waals surface area contributed by atoms with Crippen LogP contribution >= 0.6 is 11.6 Å². The van der Waals surface area contributed by atoms with Crippen LogP contribution in [-0.2, 0) is 0 Å². The van der Waals surface area contributed by atoms with Crippen LogP contribution < -0.4 is 5.32 Å². The molecule has 0 aliphatic carbocycles. The summed E-state index contributed by atoms with van der Waals surface area (Å²) in [7, 11) is 0. The number of allylic oxidation sites excluding steroid dienone is 5. The smallest absolute Gasteiger partial charge is 0.255 e. The van der Waals surface area contributed by atoms with Crippen LogP contribution in [0.2, 0.25) is 0 Å². The Hall–Kier alpha value is -2.85. The summed E-state index contributed by atoms with van der Waals surface area (Å²) in [5, 5.41) is 3.03. The van der Waals surface area contributed by atoms with E-state index in [0.29, 0.717) is 11.4 Å². The minimum absolute atomic E-state index is 0.156. The standard InChI is InChI=1S/C24H28ClN3O/c1-6-15-26-23-22(21(16-28(23)7-2)18(4)9-8-14-25)19(5)27-24(29)20-12-10-17(3)11-13-20/h6,8-13,15-16H,4,7,14H2,1-3,5H3,(H,27,29)/b9-8-,15-6-,22-19+,26-23+. The zero-order valence-corrected chi connectivity index (χ0v) is 18.3. The molecule has 1 aromatic carbocycles. The van der Waals surface area contributed by atoms with E-state index in [0.717, 1.165) is 40.4 Å². The van der Waals surface area contributed by atoms with Gasteiger partial charge in [0, 0.05) is 47.2 Å². The van der Waals surface area contributed by atoms with Gasteiger partial charge >= 0.3 is 0 Å². The lowest BCUT2D eigenvalue weighted by molar-refractivity contribution is 0.0966. The predicted octanol–water partition coefficient (Wildman–Crippen LogP) is 5.50. The van der Waals surface area contributed by atoms with Crippen molar-refractivity contribution in [3.8, 4) is 0 Å². The first-order chi connectivity index (χ1) is 13.9. The highest BCUT2D eigenvalue weighted by Gasteiger charge is 2.28. The number of likely N-dealkylation sites (N-methyl/N-ethyl adjacent to an activating group) is 1. The number of carbonyl (C=O) groups is 1. The number of rotatable bonds is 7. The Labute approximate surface area is 178 Å². The summed E-state index contributed by atoms with van der Waals surface area (Å²) in [6, 6.07) is 7.50. The minimum atomic E-state index is -0.156. The second-order valence-electron chi connectivity index (χ2n) is 6.67. The van der Waals surface area contributed by atoms with Crippen molar-refractivity contribution in [1.82, 2.24) is 10.2 Å². The first-order valence-electron chi connectivity index (χ1n) is 9.61. The molecule has 2 rings (SSSR count). The van der Waals surface area contributed by atoms with E-state index in [1.807, 2.05) is 74.4 Å². The highest BCUT2D eigenvalue weighted by atomic mass is 35.5. The van der Waals surface area contributed by atoms with Crippen LogP contribution in [0.25, 0.3) is 0 Å². The van der Waals surface area contributed by atoms with Gasteiger partial charge < -0.3 is 10.2 Å². The van der Waals surface area contributed by atoms with Crippen molar-refractivity contribution < 1.29 is 4.79 Å². The third kappa shape index (κ3) is 5.58. The first-order valence-corrected chi connectivity index (χ1v) is 10.1. The van der Waals surface area contributed by atoms with Crippen LogP contribution in [0.1, 0.15) is 36.7 Å². The molecule has 0 aromatic heterocycles. The molecular weight excluding hydrogens is 382 g/mol. The van der Waals surface area contributed by atoms with Crippen LogP contribution in [0.3, 0.4) is 0 Å². The van der Waals surface area contributed by atoms with Gasteiger partial charge in [-0.05, 0) is 45.4 Å². The number of hydrogen-bond acceptors (Lipinski definition) is 2. The molecule has 0 saturated heterocycles. The molecule has 1 aliphatic heterocycles. The third-order valence-electron chi connectivity index (χ3n) is 4.48. The molecule has 0 unspecified atom stereocenters. The average Bonchev–Trinajstić information content (AvgIpc) is 3.09. The predicted molar refractivity (Wildman–Crippen MR) is 123 cm³/mol. The van der Waals surface area contributed by atoms with Crippen molar-refractivity contribution in [2.45, 2.75) is 27.7 Å². The number of aryl methyl sites for hydroxylation is 1. The number of benzene rings is 1. The highest BCUT2D eigenvalue weighted by Crippen LogP contribution is 2.31. The highest BCUT2D eigenvalue weighted by molar-refractivity contribution is 6.19. The van der Waals surface area contributed by atoms with Gasteiger partial charge in [-0.25, -0.2) is 4.99 Å². The molecular formula is C24H28ClN3O. The Bertz CT molecular complexity index is 918. The fraction of sp³-hybridized carbons (Fsp3) is 0.250. The number of carbonyl (C=O) groups excluding carboxylic acids is 1. The largest absolute Gasteiger partial charge is 0.332 e. The van der Waals surface area contributed by atoms with E-state index in [9.17, 15) is 4.79 Å². The molecule has 4 nitrogen and oxygen atoms in total. The molecule has 0 saturated carbocycles. The summed E-state index contributed by atoms with van der Waals surface area (Å²) in [6.45, 7) is 12.8. The molecule has 1 N–H and O–H groups in total. The van der Waals surface area contributed by atoms with Crippen LogP contribution in [0.5, 0.6) is 0 Å². The number of alkyl halides is 1. The maximum Gasteiger partial charge on any atom is 0.255 e. The Morgan fingerprint density at radius 2 is 2.00 bits per heavy atom. The SMILES string of the molecule is C=C(/C=C\CCl)C1=CN(CC)C(=N/C=C\C)/C1=C(\C)NC(=O)c1ccc(C)cc1. The van der Waals surface area contributed by atoms with Gasteiger partial charge in [0.2, 0.25) is 0 Å². The molecule has 0 spiro atoms. The van der Waals surface area contributed by atoms with E-state index in [2.05, 4.69) is 23.8 Å². The normalized spacial score (nSPS) is 17.3. The summed E-state index contributed by atoms with van der Waals surface area (Å²) in [5.74, 6) is 1.03. The van der Waals surface area contributed by atoms with Gasteiger partial charge in [-0.3, -0.25) is 4.79 Å². The fourth-order valence-electron chi connectivity index (χ4n) is 2.97. The third-order valence-corrected chi connectivity index (χ3v) is 4.66. The van der Waals surface area contributed by atoms with Gasteiger partial charge in [-0.2, -0.15) is 0 Å². The Morgan fingerprint density at radius 3 is 2.59 bits per heavy atom. The molecule has 0 bridgehead atoms. The van der Waals surface area contributed by atoms with Crippen LogP contribution in [0, 0.1) is 6.92 Å². The van der Waals surface area contributed by atoms with Crippen molar-refractivity contribution in [2.75, 3.05) is 12.4 Å². The number of nitrogens with zero attached hydrogens (tertiary/aromatic N) is 2. The number of halogens is 1. The van der Waals surface area contributed by atoms with Gasteiger partial charge in [-0.15, -0.1) is 11.6 Å². The van der Waals surface area contributed by atoms with Crippen LogP contribution in [-0.4, -0.2) is 29.1 Å². The lowest BCUT2D eigenvalue weighted by Crippen LogP contribution is -2.27. The monoisotopic (exact) mass is 409 g/mol. The van der Waals surface area contributed by atoms with Crippen molar-refractivity contribution in [1.29, 1.82) is 0 Å². The van der Waals surface area contributed by atoms with Gasteiger partial charge in [0.1, 0.15) is 5.84 Å². The van der Waals surface area contributed by atoms with E-state index >= 15 is 0 Å². The van der Waals surface area contributed by atoms with Gasteiger partial charge in [0.15, 0.2) is 0 Å². The van der Waals surface area contributed by atoms with Crippen molar-refractivity contribution in [3.05, 3.63) is 95.0 Å². The first kappa shape index (κ1) is 22.4. The molecule has 1 aromatic rings. The Kier molecular flexibility index (Phi) is 8.22. The molecule has 1 amide bonds. The molecule has 0 atom stereocenters. The zero-order chi connectivity index (χ0) is 21.4. The summed E-state index contributed by atoms with van der Waals surface area (Å²) in [4.78, 5) is 19.4. The molecule has 152 valence electrons. The van der Waals surface area contributed by atoms with E-state index in [1.165, 1.54) is 0 Å². The number of amidine groups is 1.